The molecule has 2 aromatic rings. The summed E-state index contributed by atoms with van der Waals surface area (Å²) in [7, 11) is 0. The molecule has 2 rings (SSSR count). The van der Waals surface area contributed by atoms with Crippen molar-refractivity contribution in [3.05, 3.63) is 58.4 Å². The van der Waals surface area contributed by atoms with Gasteiger partial charge in [0, 0.05) is 12.7 Å². The number of nitrogens with one attached hydrogen (secondary N) is 2. The highest BCUT2D eigenvalue weighted by Gasteiger charge is 2.34. The van der Waals surface area contributed by atoms with E-state index in [9.17, 15) is 23.1 Å². The molecular formula is C14H12ClF3N2O2. The van der Waals surface area contributed by atoms with Crippen molar-refractivity contribution in [1.82, 2.24) is 10.3 Å². The molecule has 0 unspecified atom stereocenters. The summed E-state index contributed by atoms with van der Waals surface area (Å²) in [4.78, 5) is 14.3. The number of aliphatic hydroxyl groups excluding tert-OH is 1. The van der Waals surface area contributed by atoms with Gasteiger partial charge in [-0.05, 0) is 17.7 Å². The molecule has 8 heteroatoms. The van der Waals surface area contributed by atoms with E-state index in [0.717, 1.165) is 6.07 Å². The topological polar surface area (TPSA) is 65.1 Å². The van der Waals surface area contributed by atoms with E-state index in [2.05, 4.69) is 10.3 Å². The fraction of sp³-hybridized carbons (Fsp3) is 0.214. The number of rotatable bonds is 4. The van der Waals surface area contributed by atoms with E-state index >= 15 is 0 Å². The van der Waals surface area contributed by atoms with Crippen LogP contribution >= 0.6 is 11.6 Å². The summed E-state index contributed by atoms with van der Waals surface area (Å²) >= 11 is 5.65. The van der Waals surface area contributed by atoms with Crippen LogP contribution < -0.4 is 5.32 Å². The van der Waals surface area contributed by atoms with Gasteiger partial charge >= 0.3 is 6.18 Å². The van der Waals surface area contributed by atoms with E-state index in [-0.39, 0.29) is 17.8 Å². The van der Waals surface area contributed by atoms with Crippen LogP contribution in [-0.2, 0) is 6.18 Å². The molecule has 0 aliphatic rings. The second-order valence-electron chi connectivity index (χ2n) is 4.54. The van der Waals surface area contributed by atoms with Crippen molar-refractivity contribution in [1.29, 1.82) is 0 Å². The number of aromatic nitrogens is 1. The Morgan fingerprint density at radius 3 is 2.64 bits per heavy atom. The van der Waals surface area contributed by atoms with Crippen LogP contribution in [0.5, 0.6) is 0 Å². The number of alkyl halides is 3. The summed E-state index contributed by atoms with van der Waals surface area (Å²) in [5.41, 5.74) is -1.07. The maximum atomic E-state index is 12.9. The van der Waals surface area contributed by atoms with Crippen LogP contribution in [0.4, 0.5) is 13.2 Å². The van der Waals surface area contributed by atoms with Crippen molar-refractivity contribution in [2.45, 2.75) is 12.3 Å². The first-order valence-corrected chi connectivity index (χ1v) is 6.63. The Hall–Kier alpha value is -1.99. The molecule has 0 fully saturated rings. The number of benzene rings is 1. The van der Waals surface area contributed by atoms with Crippen LogP contribution in [-0.4, -0.2) is 22.5 Å². The highest BCUT2D eigenvalue weighted by atomic mass is 35.5. The largest absolute Gasteiger partial charge is 0.416 e. The highest BCUT2D eigenvalue weighted by molar-refractivity contribution is 6.30. The molecule has 0 radical (unpaired) electrons. The van der Waals surface area contributed by atoms with Gasteiger partial charge < -0.3 is 15.4 Å². The summed E-state index contributed by atoms with van der Waals surface area (Å²) in [5, 5.41) is 12.6. The molecule has 0 aliphatic heterocycles. The molecule has 22 heavy (non-hydrogen) atoms. The molecule has 0 spiro atoms. The number of carbonyl (C=O) groups is 1. The lowest BCUT2D eigenvalue weighted by molar-refractivity contribution is -0.139. The Morgan fingerprint density at radius 1 is 1.36 bits per heavy atom. The van der Waals surface area contributed by atoms with Crippen LogP contribution in [0, 0.1) is 0 Å². The van der Waals surface area contributed by atoms with Gasteiger partial charge in [0.15, 0.2) is 0 Å². The van der Waals surface area contributed by atoms with E-state index in [1.165, 1.54) is 30.5 Å². The zero-order chi connectivity index (χ0) is 16.3. The average molecular weight is 333 g/mol. The molecule has 1 atom stereocenters. The van der Waals surface area contributed by atoms with Crippen molar-refractivity contribution in [3.63, 3.8) is 0 Å². The monoisotopic (exact) mass is 332 g/mol. The number of aromatic amines is 1. The fourth-order valence-electron chi connectivity index (χ4n) is 1.94. The summed E-state index contributed by atoms with van der Waals surface area (Å²) in [6.45, 7) is -0.359. The first-order valence-electron chi connectivity index (χ1n) is 6.25. The fourth-order valence-corrected chi connectivity index (χ4v) is 2.10. The van der Waals surface area contributed by atoms with Crippen molar-refractivity contribution in [3.8, 4) is 0 Å². The molecule has 0 saturated heterocycles. The minimum Gasteiger partial charge on any atom is -0.387 e. The van der Waals surface area contributed by atoms with Gasteiger partial charge in [-0.2, -0.15) is 13.2 Å². The Kier molecular flexibility index (Phi) is 4.77. The van der Waals surface area contributed by atoms with Crippen LogP contribution in [0.15, 0.2) is 36.5 Å². The number of hydrogen-bond donors (Lipinski definition) is 3. The summed E-state index contributed by atoms with van der Waals surface area (Å²) < 4.78 is 38.6. The maximum absolute atomic E-state index is 12.9. The Bertz CT molecular complexity index is 670. The van der Waals surface area contributed by atoms with Crippen molar-refractivity contribution in [2.24, 2.45) is 0 Å². The van der Waals surface area contributed by atoms with Gasteiger partial charge in [0.2, 0.25) is 0 Å². The molecule has 4 nitrogen and oxygen atoms in total. The quantitative estimate of drug-likeness (QED) is 0.805. The molecular weight excluding hydrogens is 321 g/mol. The predicted octanol–water partition coefficient (Wildman–Crippen LogP) is 3.15. The van der Waals surface area contributed by atoms with E-state index < -0.39 is 23.8 Å². The smallest absolute Gasteiger partial charge is 0.387 e. The number of H-pyrrole nitrogens is 1. The van der Waals surface area contributed by atoms with E-state index in [1.54, 1.807) is 0 Å². The highest BCUT2D eigenvalue weighted by Crippen LogP contribution is 2.34. The lowest BCUT2D eigenvalue weighted by Gasteiger charge is -2.17. The number of aliphatic hydroxyl groups is 1. The van der Waals surface area contributed by atoms with Gasteiger partial charge in [-0.3, -0.25) is 4.79 Å². The lowest BCUT2D eigenvalue weighted by atomic mass is 10.0. The SMILES string of the molecule is O=C(NC[C@H](O)c1ccccc1C(F)(F)F)c1cc(Cl)c[nH]1. The van der Waals surface area contributed by atoms with Crippen LogP contribution in [0.1, 0.15) is 27.7 Å². The normalized spacial score (nSPS) is 13.0. The number of amides is 1. The third kappa shape index (κ3) is 3.80. The molecule has 1 aromatic carbocycles. The van der Waals surface area contributed by atoms with Gasteiger partial charge in [0.1, 0.15) is 5.69 Å². The second kappa shape index (κ2) is 6.41. The zero-order valence-corrected chi connectivity index (χ0v) is 11.9. The van der Waals surface area contributed by atoms with Crippen LogP contribution in [0.2, 0.25) is 5.02 Å². The third-order valence-electron chi connectivity index (χ3n) is 2.97. The standard InChI is InChI=1S/C14H12ClF3N2O2/c15-8-5-11(19-6-8)13(22)20-7-12(21)9-3-1-2-4-10(9)14(16,17)18/h1-6,12,19,21H,7H2,(H,20,22)/t12-/m0/s1. The van der Waals surface area contributed by atoms with E-state index in [4.69, 9.17) is 11.6 Å². The van der Waals surface area contributed by atoms with Gasteiger partial charge in [-0.15, -0.1) is 0 Å². The van der Waals surface area contributed by atoms with Crippen molar-refractivity contribution in [2.75, 3.05) is 6.54 Å². The van der Waals surface area contributed by atoms with Crippen LogP contribution in [0.25, 0.3) is 0 Å². The number of halogens is 4. The van der Waals surface area contributed by atoms with Crippen molar-refractivity contribution >= 4 is 17.5 Å². The van der Waals surface area contributed by atoms with Gasteiger partial charge in [0.05, 0.1) is 16.7 Å². The Morgan fingerprint density at radius 2 is 2.05 bits per heavy atom. The van der Waals surface area contributed by atoms with Gasteiger partial charge in [-0.25, -0.2) is 0 Å². The van der Waals surface area contributed by atoms with Crippen molar-refractivity contribution < 1.29 is 23.1 Å². The Labute approximate surface area is 128 Å². The molecule has 1 aromatic heterocycles. The molecule has 118 valence electrons. The zero-order valence-electron chi connectivity index (χ0n) is 11.1. The summed E-state index contributed by atoms with van der Waals surface area (Å²) in [5.74, 6) is -0.574. The van der Waals surface area contributed by atoms with E-state index in [0.29, 0.717) is 5.02 Å². The van der Waals surface area contributed by atoms with Gasteiger partial charge in [-0.1, -0.05) is 29.8 Å². The molecule has 1 amide bonds. The predicted molar refractivity (Wildman–Crippen MR) is 74.5 cm³/mol. The molecule has 0 aliphatic carbocycles. The minimum atomic E-state index is -4.57. The molecule has 0 saturated carbocycles. The first kappa shape index (κ1) is 16.4. The molecule has 0 bridgehead atoms. The number of carbonyl (C=O) groups excluding carboxylic acids is 1. The molecule has 1 heterocycles. The van der Waals surface area contributed by atoms with Gasteiger partial charge in [0.25, 0.3) is 5.91 Å². The second-order valence-corrected chi connectivity index (χ2v) is 4.98. The third-order valence-corrected chi connectivity index (χ3v) is 3.19. The van der Waals surface area contributed by atoms with Crippen LogP contribution in [0.3, 0.4) is 0 Å². The first-order chi connectivity index (χ1) is 10.3. The summed E-state index contributed by atoms with van der Waals surface area (Å²) in [6, 6.07) is 6.04. The molecule has 3 N–H and O–H groups in total. The lowest BCUT2D eigenvalue weighted by Crippen LogP contribution is -2.29. The number of hydrogen-bond acceptors (Lipinski definition) is 2. The van der Waals surface area contributed by atoms with E-state index in [1.807, 2.05) is 0 Å². The average Bonchev–Trinajstić information content (AvgIpc) is 2.90. The maximum Gasteiger partial charge on any atom is 0.416 e. The summed E-state index contributed by atoms with van der Waals surface area (Å²) in [6.07, 6.45) is -4.66. The Balaban J connectivity index is 2.07. The minimum absolute atomic E-state index is 0.154.